The topological polar surface area (TPSA) is 93.7 Å². The minimum Gasteiger partial charge on any atom is -0.495 e. The molecule has 7 heteroatoms. The van der Waals surface area contributed by atoms with Gasteiger partial charge in [-0.05, 0) is 43.4 Å². The molecule has 0 atom stereocenters. The van der Waals surface area contributed by atoms with Gasteiger partial charge in [0.2, 0.25) is 5.91 Å². The second-order valence-electron chi connectivity index (χ2n) is 6.54. The van der Waals surface area contributed by atoms with Crippen LogP contribution >= 0.6 is 0 Å². The van der Waals surface area contributed by atoms with Crippen molar-refractivity contribution in [3.63, 3.8) is 0 Å². The SMILES string of the molecule is COc1ccc(C)cc1NC(=O)CNC(=O)COC(=O)CC1CCCC1. The van der Waals surface area contributed by atoms with Crippen molar-refractivity contribution in [2.24, 2.45) is 5.92 Å². The summed E-state index contributed by atoms with van der Waals surface area (Å²) < 4.78 is 10.2. The maximum absolute atomic E-state index is 12.0. The number of hydrogen-bond donors (Lipinski definition) is 2. The van der Waals surface area contributed by atoms with Crippen LogP contribution in [0.5, 0.6) is 5.75 Å². The van der Waals surface area contributed by atoms with E-state index < -0.39 is 5.91 Å². The lowest BCUT2D eigenvalue weighted by Gasteiger charge is -2.12. The molecular formula is C19H26N2O5. The predicted molar refractivity (Wildman–Crippen MR) is 96.9 cm³/mol. The van der Waals surface area contributed by atoms with Crippen molar-refractivity contribution in [1.29, 1.82) is 0 Å². The van der Waals surface area contributed by atoms with Crippen molar-refractivity contribution in [3.8, 4) is 5.75 Å². The molecule has 1 aliphatic carbocycles. The molecule has 0 spiro atoms. The molecule has 0 heterocycles. The lowest BCUT2D eigenvalue weighted by atomic mass is 10.1. The minimum atomic E-state index is -0.504. The van der Waals surface area contributed by atoms with Gasteiger partial charge in [-0.2, -0.15) is 0 Å². The van der Waals surface area contributed by atoms with Crippen LogP contribution in [0.25, 0.3) is 0 Å². The predicted octanol–water partition coefficient (Wildman–Crippen LogP) is 2.18. The largest absolute Gasteiger partial charge is 0.495 e. The number of anilines is 1. The number of aryl methyl sites for hydroxylation is 1. The fourth-order valence-electron chi connectivity index (χ4n) is 3.00. The molecule has 1 aromatic rings. The lowest BCUT2D eigenvalue weighted by molar-refractivity contribution is -0.149. The maximum Gasteiger partial charge on any atom is 0.306 e. The van der Waals surface area contributed by atoms with E-state index in [2.05, 4.69) is 10.6 Å². The molecule has 0 radical (unpaired) electrons. The van der Waals surface area contributed by atoms with E-state index in [1.807, 2.05) is 13.0 Å². The number of benzene rings is 1. The van der Waals surface area contributed by atoms with E-state index >= 15 is 0 Å². The number of ether oxygens (including phenoxy) is 2. The first-order valence-electron chi connectivity index (χ1n) is 8.84. The Morgan fingerprint density at radius 2 is 1.88 bits per heavy atom. The van der Waals surface area contributed by atoms with Gasteiger partial charge >= 0.3 is 5.97 Å². The zero-order valence-electron chi connectivity index (χ0n) is 15.3. The van der Waals surface area contributed by atoms with E-state index in [0.717, 1.165) is 31.2 Å². The molecule has 2 rings (SSSR count). The van der Waals surface area contributed by atoms with E-state index in [4.69, 9.17) is 9.47 Å². The van der Waals surface area contributed by atoms with Crippen LogP contribution in [-0.4, -0.2) is 38.0 Å². The summed E-state index contributed by atoms with van der Waals surface area (Å²) in [6.45, 7) is 1.32. The second-order valence-corrected chi connectivity index (χ2v) is 6.54. The van der Waals surface area contributed by atoms with Crippen LogP contribution in [0.3, 0.4) is 0 Å². The Kier molecular flexibility index (Phi) is 7.44. The molecule has 2 amide bonds. The van der Waals surface area contributed by atoms with Crippen LogP contribution < -0.4 is 15.4 Å². The molecule has 0 unspecified atom stereocenters. The van der Waals surface area contributed by atoms with Crippen LogP contribution in [-0.2, 0) is 19.1 Å². The summed E-state index contributed by atoms with van der Waals surface area (Å²) in [5.41, 5.74) is 1.51. The summed E-state index contributed by atoms with van der Waals surface area (Å²) in [6, 6.07) is 5.41. The van der Waals surface area contributed by atoms with Gasteiger partial charge in [-0.1, -0.05) is 18.9 Å². The monoisotopic (exact) mass is 362 g/mol. The third kappa shape index (κ3) is 6.38. The molecule has 1 saturated carbocycles. The summed E-state index contributed by atoms with van der Waals surface area (Å²) in [5, 5.41) is 5.12. The number of nitrogens with one attached hydrogen (secondary N) is 2. The number of rotatable bonds is 8. The fourth-order valence-corrected chi connectivity index (χ4v) is 3.00. The first-order valence-corrected chi connectivity index (χ1v) is 8.84. The highest BCUT2D eigenvalue weighted by Crippen LogP contribution is 2.27. The van der Waals surface area contributed by atoms with Gasteiger partial charge in [0.05, 0.1) is 19.3 Å². The molecular weight excluding hydrogens is 336 g/mol. The Balaban J connectivity index is 1.69. The molecule has 7 nitrogen and oxygen atoms in total. The van der Waals surface area contributed by atoms with Crippen molar-refractivity contribution >= 4 is 23.5 Å². The summed E-state index contributed by atoms with van der Waals surface area (Å²) in [7, 11) is 1.52. The molecule has 0 bridgehead atoms. The maximum atomic E-state index is 12.0. The third-order valence-corrected chi connectivity index (χ3v) is 4.37. The van der Waals surface area contributed by atoms with E-state index in [9.17, 15) is 14.4 Å². The van der Waals surface area contributed by atoms with Crippen LogP contribution in [0.15, 0.2) is 18.2 Å². The molecule has 0 saturated heterocycles. The smallest absolute Gasteiger partial charge is 0.306 e. The van der Waals surface area contributed by atoms with E-state index in [1.165, 1.54) is 7.11 Å². The molecule has 1 aliphatic rings. The molecule has 26 heavy (non-hydrogen) atoms. The van der Waals surface area contributed by atoms with Crippen LogP contribution in [0.1, 0.15) is 37.7 Å². The Morgan fingerprint density at radius 3 is 2.58 bits per heavy atom. The second kappa shape index (κ2) is 9.79. The Morgan fingerprint density at radius 1 is 1.15 bits per heavy atom. The van der Waals surface area contributed by atoms with E-state index in [-0.39, 0.29) is 25.0 Å². The van der Waals surface area contributed by atoms with Gasteiger partial charge in [0, 0.05) is 6.42 Å². The lowest BCUT2D eigenvalue weighted by Crippen LogP contribution is -2.35. The highest BCUT2D eigenvalue weighted by atomic mass is 16.5. The Labute approximate surface area is 153 Å². The highest BCUT2D eigenvalue weighted by molar-refractivity contribution is 5.96. The van der Waals surface area contributed by atoms with Gasteiger partial charge in [0.1, 0.15) is 5.75 Å². The normalized spacial score (nSPS) is 13.9. The number of hydrogen-bond acceptors (Lipinski definition) is 5. The third-order valence-electron chi connectivity index (χ3n) is 4.37. The summed E-state index contributed by atoms with van der Waals surface area (Å²) in [5.74, 6) is -0.339. The van der Waals surface area contributed by atoms with Gasteiger partial charge < -0.3 is 20.1 Å². The Hall–Kier alpha value is -2.57. The van der Waals surface area contributed by atoms with Crippen LogP contribution in [0.4, 0.5) is 5.69 Å². The van der Waals surface area contributed by atoms with Crippen LogP contribution in [0.2, 0.25) is 0 Å². The summed E-state index contributed by atoms with van der Waals surface area (Å²) in [4.78, 5) is 35.4. The molecule has 142 valence electrons. The molecule has 1 aromatic carbocycles. The molecule has 1 fully saturated rings. The summed E-state index contributed by atoms with van der Waals surface area (Å²) in [6.07, 6.45) is 4.76. The zero-order valence-corrected chi connectivity index (χ0v) is 15.3. The van der Waals surface area contributed by atoms with Crippen molar-refractivity contribution in [2.45, 2.75) is 39.0 Å². The first-order chi connectivity index (χ1) is 12.5. The highest BCUT2D eigenvalue weighted by Gasteiger charge is 2.19. The quantitative estimate of drug-likeness (QED) is 0.692. The number of esters is 1. The van der Waals surface area contributed by atoms with E-state index in [0.29, 0.717) is 23.8 Å². The van der Waals surface area contributed by atoms with Gasteiger partial charge in [0.15, 0.2) is 6.61 Å². The minimum absolute atomic E-state index is 0.212. The average molecular weight is 362 g/mol. The van der Waals surface area contributed by atoms with Gasteiger partial charge in [-0.15, -0.1) is 0 Å². The average Bonchev–Trinajstić information content (AvgIpc) is 3.11. The van der Waals surface area contributed by atoms with Gasteiger partial charge in [0.25, 0.3) is 5.91 Å². The number of amides is 2. The standard InChI is InChI=1S/C19H26N2O5/c1-13-7-8-16(25-2)15(9-13)21-17(22)11-20-18(23)12-26-19(24)10-14-5-3-4-6-14/h7-9,14H,3-6,10-12H2,1-2H3,(H,20,23)(H,21,22). The van der Waals surface area contributed by atoms with E-state index in [1.54, 1.807) is 12.1 Å². The number of carbonyl (C=O) groups is 3. The summed E-state index contributed by atoms with van der Waals surface area (Å²) >= 11 is 0. The molecule has 0 aromatic heterocycles. The van der Waals surface area contributed by atoms with Gasteiger partial charge in [-0.25, -0.2) is 0 Å². The fraction of sp³-hybridized carbons (Fsp3) is 0.526. The Bertz CT molecular complexity index is 653. The number of carbonyl (C=O) groups excluding carboxylic acids is 3. The van der Waals surface area contributed by atoms with Crippen molar-refractivity contribution in [2.75, 3.05) is 25.6 Å². The molecule has 2 N–H and O–H groups in total. The molecule has 0 aliphatic heterocycles. The zero-order chi connectivity index (χ0) is 18.9. The van der Waals surface area contributed by atoms with Gasteiger partial charge in [-0.3, -0.25) is 14.4 Å². The van der Waals surface area contributed by atoms with Crippen molar-refractivity contribution in [1.82, 2.24) is 5.32 Å². The van der Waals surface area contributed by atoms with Crippen molar-refractivity contribution in [3.05, 3.63) is 23.8 Å². The van der Waals surface area contributed by atoms with Crippen molar-refractivity contribution < 1.29 is 23.9 Å². The van der Waals surface area contributed by atoms with Crippen LogP contribution in [0, 0.1) is 12.8 Å². The first kappa shape index (κ1) is 19.8. The number of methoxy groups -OCH3 is 1.